The van der Waals surface area contributed by atoms with Crippen LogP contribution in [0.4, 0.5) is 5.69 Å². The van der Waals surface area contributed by atoms with Gasteiger partial charge in [-0.3, -0.25) is 19.3 Å². The Morgan fingerprint density at radius 3 is 2.50 bits per heavy atom. The fraction of sp³-hybridized carbons (Fsp3) is 0.333. The molecule has 2 heterocycles. The number of rotatable bonds is 8. The van der Waals surface area contributed by atoms with Gasteiger partial charge in [0.2, 0.25) is 5.91 Å². The average Bonchev–Trinajstić information content (AvgIpc) is 2.96. The molecule has 1 aromatic carbocycles. The second-order valence-corrected chi connectivity index (χ2v) is 9.36. The van der Waals surface area contributed by atoms with Crippen molar-refractivity contribution >= 4 is 33.2 Å². The summed E-state index contributed by atoms with van der Waals surface area (Å²) < 4.78 is 35.1. The van der Waals surface area contributed by atoms with Crippen LogP contribution in [0.3, 0.4) is 0 Å². The van der Waals surface area contributed by atoms with Gasteiger partial charge in [0.25, 0.3) is 17.7 Å². The van der Waals surface area contributed by atoms with Gasteiger partial charge in [-0.15, -0.1) is 0 Å². The highest BCUT2D eigenvalue weighted by Gasteiger charge is 2.44. The number of aromatic nitrogens is 1. The molecule has 0 spiro atoms. The van der Waals surface area contributed by atoms with Crippen molar-refractivity contribution in [2.45, 2.75) is 19.9 Å². The minimum absolute atomic E-state index is 0.00439. The van der Waals surface area contributed by atoms with Crippen LogP contribution in [0, 0.1) is 0 Å². The largest absolute Gasteiger partial charge is 0.491 e. The zero-order chi connectivity index (χ0) is 23.6. The van der Waals surface area contributed by atoms with Crippen LogP contribution in [-0.2, 0) is 14.6 Å². The highest BCUT2D eigenvalue weighted by atomic mass is 32.2. The third-order valence-corrected chi connectivity index (χ3v) is 5.64. The number of carbonyl (C=O) groups is 3. The maximum absolute atomic E-state index is 13.3. The van der Waals surface area contributed by atoms with Crippen molar-refractivity contribution in [1.29, 1.82) is 0 Å². The molecule has 0 aliphatic carbocycles. The molecule has 11 heteroatoms. The Balaban J connectivity index is 2.13. The number of methoxy groups -OCH3 is 1. The van der Waals surface area contributed by atoms with Crippen LogP contribution >= 0.6 is 0 Å². The number of hydrogen-bond donors (Lipinski definition) is 1. The number of hydrogen-bond acceptors (Lipinski definition) is 8. The van der Waals surface area contributed by atoms with Crippen molar-refractivity contribution in [2.75, 3.05) is 31.0 Å². The van der Waals surface area contributed by atoms with Crippen molar-refractivity contribution in [1.82, 2.24) is 9.88 Å². The second-order valence-electron chi connectivity index (χ2n) is 7.17. The molecule has 1 N–H and O–H groups in total. The van der Waals surface area contributed by atoms with Gasteiger partial charge in [0.1, 0.15) is 9.84 Å². The van der Waals surface area contributed by atoms with Crippen LogP contribution in [0.2, 0.25) is 0 Å². The van der Waals surface area contributed by atoms with Crippen LogP contribution in [0.25, 0.3) is 0 Å². The van der Waals surface area contributed by atoms with Gasteiger partial charge in [-0.05, 0) is 31.2 Å². The molecule has 0 saturated carbocycles. The fourth-order valence-electron chi connectivity index (χ4n) is 3.48. The molecule has 10 nitrogen and oxygen atoms in total. The SMILES string of the molecule is CCOc1nc([C@H](CS(C)(=O)=O)N2C(=O)c3cccc(NC(C)=O)c3C2=O)ccc1OC. The fourth-order valence-corrected chi connectivity index (χ4v) is 4.38. The minimum atomic E-state index is -3.64. The molecule has 2 aromatic rings. The van der Waals surface area contributed by atoms with Gasteiger partial charge in [0.05, 0.1) is 48.0 Å². The Kier molecular flexibility index (Phi) is 6.49. The van der Waals surface area contributed by atoms with Gasteiger partial charge >= 0.3 is 0 Å². The smallest absolute Gasteiger partial charge is 0.264 e. The average molecular weight is 461 g/mol. The number of pyridine rings is 1. The lowest BCUT2D eigenvalue weighted by Crippen LogP contribution is -2.38. The Bertz CT molecular complexity index is 1190. The number of sulfone groups is 1. The standard InChI is InChI=1S/C21H23N3O7S/c1-5-31-19-17(30-3)10-9-14(23-19)16(11-32(4,28)29)24-20(26)13-7-6-8-15(22-12(2)25)18(13)21(24)27/h6-10,16H,5,11H2,1-4H3,(H,22,25)/t16-/m0/s1. The van der Waals surface area contributed by atoms with E-state index >= 15 is 0 Å². The lowest BCUT2D eigenvalue weighted by molar-refractivity contribution is -0.114. The van der Waals surface area contributed by atoms with Crippen LogP contribution in [0.1, 0.15) is 46.3 Å². The number of ether oxygens (including phenoxy) is 2. The minimum Gasteiger partial charge on any atom is -0.491 e. The topological polar surface area (TPSA) is 132 Å². The zero-order valence-corrected chi connectivity index (χ0v) is 18.9. The van der Waals surface area contributed by atoms with Crippen molar-refractivity contribution in [3.63, 3.8) is 0 Å². The summed E-state index contributed by atoms with van der Waals surface area (Å²) in [5.41, 5.74) is 0.393. The van der Waals surface area contributed by atoms with E-state index in [1.54, 1.807) is 6.92 Å². The Morgan fingerprint density at radius 1 is 1.19 bits per heavy atom. The molecule has 0 fully saturated rings. The summed E-state index contributed by atoms with van der Waals surface area (Å²) in [5.74, 6) is -1.92. The van der Waals surface area contributed by atoms with E-state index in [1.807, 2.05) is 0 Å². The molecule has 1 aromatic heterocycles. The van der Waals surface area contributed by atoms with Gasteiger partial charge in [-0.1, -0.05) is 6.07 Å². The molecule has 0 unspecified atom stereocenters. The Morgan fingerprint density at radius 2 is 1.91 bits per heavy atom. The van der Waals surface area contributed by atoms with Crippen LogP contribution in [0.15, 0.2) is 30.3 Å². The van der Waals surface area contributed by atoms with Crippen LogP contribution < -0.4 is 14.8 Å². The van der Waals surface area contributed by atoms with E-state index in [0.717, 1.165) is 11.2 Å². The van der Waals surface area contributed by atoms with Gasteiger partial charge in [-0.2, -0.15) is 0 Å². The first-order valence-corrected chi connectivity index (χ1v) is 11.8. The van der Waals surface area contributed by atoms with E-state index in [1.165, 1.54) is 44.4 Å². The molecular weight excluding hydrogens is 438 g/mol. The maximum atomic E-state index is 13.3. The second kappa shape index (κ2) is 8.95. The summed E-state index contributed by atoms with van der Waals surface area (Å²) in [4.78, 5) is 43.3. The molecule has 0 bridgehead atoms. The van der Waals surface area contributed by atoms with Crippen LogP contribution in [0.5, 0.6) is 11.6 Å². The van der Waals surface area contributed by atoms with E-state index < -0.39 is 39.4 Å². The number of amides is 3. The molecule has 170 valence electrons. The number of imide groups is 1. The van der Waals surface area contributed by atoms with E-state index in [2.05, 4.69) is 10.3 Å². The van der Waals surface area contributed by atoms with E-state index in [4.69, 9.17) is 9.47 Å². The Hall–Kier alpha value is -3.47. The summed E-state index contributed by atoms with van der Waals surface area (Å²) in [6.07, 6.45) is 1.01. The third-order valence-electron chi connectivity index (χ3n) is 4.72. The molecule has 1 atom stereocenters. The van der Waals surface area contributed by atoms with Crippen molar-refractivity contribution < 1.29 is 32.3 Å². The van der Waals surface area contributed by atoms with Gasteiger partial charge in [0, 0.05) is 13.2 Å². The number of benzene rings is 1. The Labute approximate surface area is 185 Å². The van der Waals surface area contributed by atoms with Crippen LogP contribution in [-0.4, -0.2) is 61.7 Å². The molecule has 0 radical (unpaired) electrons. The van der Waals surface area contributed by atoms with Gasteiger partial charge in [-0.25, -0.2) is 13.4 Å². The first-order chi connectivity index (χ1) is 15.1. The quantitative estimate of drug-likeness (QED) is 0.589. The first kappa shape index (κ1) is 23.2. The zero-order valence-electron chi connectivity index (χ0n) is 18.0. The summed E-state index contributed by atoms with van der Waals surface area (Å²) in [5, 5.41) is 2.54. The molecule has 3 amide bonds. The number of nitrogens with zero attached hydrogens (tertiary/aromatic N) is 2. The number of nitrogens with one attached hydrogen (secondary N) is 1. The molecule has 3 rings (SSSR count). The van der Waals surface area contributed by atoms with E-state index in [-0.39, 0.29) is 35.0 Å². The normalized spacial score (nSPS) is 14.2. The first-order valence-electron chi connectivity index (χ1n) is 9.71. The lowest BCUT2D eigenvalue weighted by atomic mass is 10.1. The predicted molar refractivity (Wildman–Crippen MR) is 116 cm³/mol. The number of fused-ring (bicyclic) bond motifs is 1. The van der Waals surface area contributed by atoms with Crippen molar-refractivity contribution in [3.05, 3.63) is 47.2 Å². The summed E-state index contributed by atoms with van der Waals surface area (Å²) in [7, 11) is -2.21. The molecule has 32 heavy (non-hydrogen) atoms. The molecular formula is C21H23N3O7S. The predicted octanol–water partition coefficient (Wildman–Crippen LogP) is 1.83. The highest BCUT2D eigenvalue weighted by molar-refractivity contribution is 7.90. The highest BCUT2D eigenvalue weighted by Crippen LogP contribution is 2.37. The molecule has 0 saturated heterocycles. The summed E-state index contributed by atoms with van der Waals surface area (Å²) in [6, 6.07) is 6.28. The van der Waals surface area contributed by atoms with Gasteiger partial charge < -0.3 is 14.8 Å². The van der Waals surface area contributed by atoms with Crippen molar-refractivity contribution in [3.8, 4) is 11.6 Å². The summed E-state index contributed by atoms with van der Waals surface area (Å²) in [6.45, 7) is 3.30. The maximum Gasteiger partial charge on any atom is 0.264 e. The monoisotopic (exact) mass is 461 g/mol. The van der Waals surface area contributed by atoms with Crippen molar-refractivity contribution in [2.24, 2.45) is 0 Å². The number of carbonyl (C=O) groups excluding carboxylic acids is 3. The molecule has 1 aliphatic heterocycles. The van der Waals surface area contributed by atoms with Gasteiger partial charge in [0.15, 0.2) is 5.75 Å². The van der Waals surface area contributed by atoms with E-state index in [0.29, 0.717) is 5.75 Å². The summed E-state index contributed by atoms with van der Waals surface area (Å²) >= 11 is 0. The number of anilines is 1. The van der Waals surface area contributed by atoms with E-state index in [9.17, 15) is 22.8 Å². The molecule has 1 aliphatic rings. The third kappa shape index (κ3) is 4.57. The lowest BCUT2D eigenvalue weighted by Gasteiger charge is -2.26.